The maximum absolute atomic E-state index is 11.0. The lowest BCUT2D eigenvalue weighted by Crippen LogP contribution is -2.03. The fourth-order valence-electron chi connectivity index (χ4n) is 1.38. The monoisotopic (exact) mass is 265 g/mol. The van der Waals surface area contributed by atoms with Gasteiger partial charge < -0.3 is 10.1 Å². The highest BCUT2D eigenvalue weighted by Crippen LogP contribution is 2.35. The number of carboxylic acid groups (broad SMARTS) is 1. The Kier molecular flexibility index (Phi) is 3.28. The number of nitrogens with zero attached hydrogens (tertiary/aromatic N) is 2. The third-order valence-electron chi connectivity index (χ3n) is 2.09. The van der Waals surface area contributed by atoms with Crippen molar-refractivity contribution in [1.82, 2.24) is 9.97 Å². The summed E-state index contributed by atoms with van der Waals surface area (Å²) in [6.45, 7) is 0. The van der Waals surface area contributed by atoms with Gasteiger partial charge in [-0.3, -0.25) is 10.1 Å². The van der Waals surface area contributed by atoms with E-state index in [0.29, 0.717) is 5.16 Å². The average molecular weight is 265 g/mol. The van der Waals surface area contributed by atoms with Crippen LogP contribution in [0.4, 0.5) is 5.69 Å². The first-order valence-corrected chi connectivity index (χ1v) is 5.59. The largest absolute Gasteiger partial charge is 0.477 e. The minimum absolute atomic E-state index is 0.231. The number of nitro groups is 1. The van der Waals surface area contributed by atoms with E-state index in [1.807, 2.05) is 0 Å². The molecule has 7 nitrogen and oxygen atoms in total. The smallest absolute Gasteiger partial charge is 0.342 e. The van der Waals surface area contributed by atoms with Crippen molar-refractivity contribution in [2.45, 2.75) is 10.1 Å². The molecule has 0 spiro atoms. The highest BCUT2D eigenvalue weighted by Gasteiger charge is 2.24. The average Bonchev–Trinajstić information content (AvgIpc) is 2.81. The van der Waals surface area contributed by atoms with Crippen molar-refractivity contribution in [3.05, 3.63) is 46.3 Å². The molecule has 8 heteroatoms. The number of carbonyl (C=O) groups is 1. The number of para-hydroxylation sites is 1. The molecule has 0 unspecified atom stereocenters. The van der Waals surface area contributed by atoms with Crippen molar-refractivity contribution in [2.75, 3.05) is 0 Å². The standard InChI is InChI=1S/C10H7N3O4S/c14-9(15)6-2-1-3-7(8(6)13(16)17)18-10-11-4-5-12-10/h1-5H,(H,11,12)(H,14,15). The molecule has 1 heterocycles. The molecule has 0 bridgehead atoms. The molecule has 2 aromatic rings. The maximum atomic E-state index is 11.0. The molecule has 2 N–H and O–H groups in total. The van der Waals surface area contributed by atoms with Crippen LogP contribution in [0.15, 0.2) is 40.6 Å². The van der Waals surface area contributed by atoms with Gasteiger partial charge in [-0.25, -0.2) is 9.78 Å². The van der Waals surface area contributed by atoms with Gasteiger partial charge in [-0.05, 0) is 23.9 Å². The highest BCUT2D eigenvalue weighted by molar-refractivity contribution is 7.99. The Morgan fingerprint density at radius 3 is 2.83 bits per heavy atom. The highest BCUT2D eigenvalue weighted by atomic mass is 32.2. The Bertz CT molecular complexity index is 597. The second-order valence-corrected chi connectivity index (χ2v) is 4.24. The number of nitro benzene ring substituents is 1. The zero-order valence-corrected chi connectivity index (χ0v) is 9.68. The lowest BCUT2D eigenvalue weighted by Gasteiger charge is -2.03. The normalized spacial score (nSPS) is 10.2. The molecule has 0 aliphatic carbocycles. The molecule has 92 valence electrons. The van der Waals surface area contributed by atoms with Crippen molar-refractivity contribution in [2.24, 2.45) is 0 Å². The summed E-state index contributed by atoms with van der Waals surface area (Å²) in [5.41, 5.74) is -0.761. The van der Waals surface area contributed by atoms with Crippen LogP contribution in [0.25, 0.3) is 0 Å². The number of hydrogen-bond acceptors (Lipinski definition) is 5. The third kappa shape index (κ3) is 2.33. The van der Waals surface area contributed by atoms with E-state index in [2.05, 4.69) is 9.97 Å². The molecule has 0 fully saturated rings. The van der Waals surface area contributed by atoms with Crippen molar-refractivity contribution in [3.8, 4) is 0 Å². The first-order valence-electron chi connectivity index (χ1n) is 4.77. The number of imidazole rings is 1. The quantitative estimate of drug-likeness (QED) is 0.647. The maximum Gasteiger partial charge on any atom is 0.342 e. The van der Waals surface area contributed by atoms with E-state index in [1.165, 1.54) is 24.4 Å². The fourth-order valence-corrected chi connectivity index (χ4v) is 2.25. The van der Waals surface area contributed by atoms with Crippen molar-refractivity contribution < 1.29 is 14.8 Å². The predicted molar refractivity (Wildman–Crippen MR) is 62.8 cm³/mol. The van der Waals surface area contributed by atoms with Gasteiger partial charge in [-0.15, -0.1) is 0 Å². The van der Waals surface area contributed by atoms with Crippen LogP contribution in [0.3, 0.4) is 0 Å². The number of rotatable bonds is 4. The second kappa shape index (κ2) is 4.88. The Morgan fingerprint density at radius 2 is 2.28 bits per heavy atom. The second-order valence-electron chi connectivity index (χ2n) is 3.21. The molecule has 0 radical (unpaired) electrons. The van der Waals surface area contributed by atoms with Crippen LogP contribution < -0.4 is 0 Å². The van der Waals surface area contributed by atoms with Gasteiger partial charge in [0.2, 0.25) is 0 Å². The number of benzene rings is 1. The van der Waals surface area contributed by atoms with E-state index >= 15 is 0 Å². The van der Waals surface area contributed by atoms with E-state index in [4.69, 9.17) is 5.11 Å². The van der Waals surface area contributed by atoms with E-state index < -0.39 is 16.6 Å². The summed E-state index contributed by atoms with van der Waals surface area (Å²) in [6, 6.07) is 4.14. The van der Waals surface area contributed by atoms with Crippen LogP contribution >= 0.6 is 11.8 Å². The molecular weight excluding hydrogens is 258 g/mol. The topological polar surface area (TPSA) is 109 Å². The first-order chi connectivity index (χ1) is 8.59. The molecule has 1 aromatic carbocycles. The lowest BCUT2D eigenvalue weighted by atomic mass is 10.2. The Balaban J connectivity index is 2.49. The van der Waals surface area contributed by atoms with E-state index in [-0.39, 0.29) is 10.5 Å². The summed E-state index contributed by atoms with van der Waals surface area (Å²) in [6.07, 6.45) is 3.09. The van der Waals surface area contributed by atoms with Gasteiger partial charge in [0, 0.05) is 12.4 Å². The van der Waals surface area contributed by atoms with Crippen LogP contribution in [0, 0.1) is 10.1 Å². The first kappa shape index (κ1) is 12.1. The van der Waals surface area contributed by atoms with Crippen LogP contribution in [0.5, 0.6) is 0 Å². The summed E-state index contributed by atoms with van der Waals surface area (Å²) in [4.78, 5) is 28.2. The summed E-state index contributed by atoms with van der Waals surface area (Å²) in [5, 5.41) is 20.4. The van der Waals surface area contributed by atoms with Gasteiger partial charge in [-0.2, -0.15) is 0 Å². The molecular formula is C10H7N3O4S. The van der Waals surface area contributed by atoms with Crippen molar-refractivity contribution >= 4 is 23.4 Å². The molecule has 2 rings (SSSR count). The van der Waals surface area contributed by atoms with Crippen LogP contribution in [-0.4, -0.2) is 26.0 Å². The number of H-pyrrole nitrogens is 1. The van der Waals surface area contributed by atoms with E-state index in [9.17, 15) is 14.9 Å². The van der Waals surface area contributed by atoms with Crippen molar-refractivity contribution in [1.29, 1.82) is 0 Å². The molecule has 0 amide bonds. The number of aromatic amines is 1. The van der Waals surface area contributed by atoms with Crippen LogP contribution in [-0.2, 0) is 0 Å². The van der Waals surface area contributed by atoms with E-state index in [0.717, 1.165) is 11.8 Å². The summed E-state index contributed by atoms with van der Waals surface area (Å²) in [7, 11) is 0. The van der Waals surface area contributed by atoms with Gasteiger partial charge in [0.15, 0.2) is 5.16 Å². The molecule has 0 aliphatic rings. The van der Waals surface area contributed by atoms with Crippen molar-refractivity contribution in [3.63, 3.8) is 0 Å². The zero-order chi connectivity index (χ0) is 13.1. The predicted octanol–water partition coefficient (Wildman–Crippen LogP) is 2.17. The third-order valence-corrected chi connectivity index (χ3v) is 3.06. The molecule has 0 aliphatic heterocycles. The van der Waals surface area contributed by atoms with Gasteiger partial charge in [0.05, 0.1) is 9.82 Å². The number of hydrogen-bond donors (Lipinski definition) is 2. The minimum Gasteiger partial charge on any atom is -0.477 e. The number of nitrogens with one attached hydrogen (secondary N) is 1. The Morgan fingerprint density at radius 1 is 1.50 bits per heavy atom. The molecule has 18 heavy (non-hydrogen) atoms. The summed E-state index contributed by atoms with van der Waals surface area (Å²) in [5.74, 6) is -1.33. The molecule has 0 atom stereocenters. The summed E-state index contributed by atoms with van der Waals surface area (Å²) < 4.78 is 0. The van der Waals surface area contributed by atoms with E-state index in [1.54, 1.807) is 6.20 Å². The fraction of sp³-hybridized carbons (Fsp3) is 0. The number of aromatic nitrogens is 2. The van der Waals surface area contributed by atoms with Gasteiger partial charge in [0.1, 0.15) is 5.56 Å². The van der Waals surface area contributed by atoms with Crippen LogP contribution in [0.2, 0.25) is 0 Å². The Labute approximate surface area is 105 Å². The molecule has 0 saturated heterocycles. The SMILES string of the molecule is O=C(O)c1cccc(Sc2ncc[nH]2)c1[N+](=O)[O-]. The van der Waals surface area contributed by atoms with Crippen LogP contribution in [0.1, 0.15) is 10.4 Å². The zero-order valence-electron chi connectivity index (χ0n) is 8.86. The number of aromatic carboxylic acids is 1. The number of carboxylic acids is 1. The summed E-state index contributed by atoms with van der Waals surface area (Å²) >= 11 is 1.01. The molecule has 0 saturated carbocycles. The van der Waals surface area contributed by atoms with Gasteiger partial charge in [-0.1, -0.05) is 6.07 Å². The lowest BCUT2D eigenvalue weighted by molar-refractivity contribution is -0.388. The molecule has 1 aromatic heterocycles. The minimum atomic E-state index is -1.33. The van der Waals surface area contributed by atoms with Gasteiger partial charge >= 0.3 is 5.97 Å². The van der Waals surface area contributed by atoms with Gasteiger partial charge in [0.25, 0.3) is 5.69 Å². The Hall–Kier alpha value is -2.35.